The lowest BCUT2D eigenvalue weighted by Crippen LogP contribution is -2.44. The largest absolute Gasteiger partial charge is 0.394 e. The molecule has 4 N–H and O–H groups in total. The highest BCUT2D eigenvalue weighted by molar-refractivity contribution is 5.81. The van der Waals surface area contributed by atoms with Gasteiger partial charge in [0, 0.05) is 0 Å². The second-order valence-electron chi connectivity index (χ2n) is 5.28. The molecule has 0 amide bonds. The smallest absolute Gasteiger partial charge is 0.167 e. The molecule has 1 fully saturated rings. The number of fused-ring (bicyclic) bond motifs is 1. The number of aliphatic hydroxyl groups excluding tert-OH is 2. The van der Waals surface area contributed by atoms with Gasteiger partial charge in [-0.1, -0.05) is 0 Å². The third kappa shape index (κ3) is 2.14. The van der Waals surface area contributed by atoms with Crippen LogP contribution in [0.2, 0.25) is 0 Å². The van der Waals surface area contributed by atoms with Crippen molar-refractivity contribution in [1.82, 2.24) is 24.4 Å². The van der Waals surface area contributed by atoms with E-state index in [-0.39, 0.29) is 18.5 Å². The first-order valence-electron chi connectivity index (χ1n) is 6.58. The number of nitrogens with zero attached hydrogens (tertiary/aromatic N) is 5. The number of hydrogen-bond acceptors (Lipinski definition) is 8. The number of aliphatic hydroxyl groups is 2. The van der Waals surface area contributed by atoms with Crippen LogP contribution in [0.4, 0.5) is 5.82 Å². The molecule has 2 aromatic heterocycles. The van der Waals surface area contributed by atoms with E-state index in [0.29, 0.717) is 11.2 Å². The molecule has 9 heteroatoms. The van der Waals surface area contributed by atoms with Crippen molar-refractivity contribution >= 4 is 17.0 Å². The predicted octanol–water partition coefficient (Wildman–Crippen LogP) is -1.41. The number of aromatic nitrogens is 4. The van der Waals surface area contributed by atoms with Crippen molar-refractivity contribution in [3.05, 3.63) is 12.7 Å². The summed E-state index contributed by atoms with van der Waals surface area (Å²) < 4.78 is 7.38. The summed E-state index contributed by atoms with van der Waals surface area (Å²) >= 11 is 0. The molecule has 1 saturated heterocycles. The fourth-order valence-corrected chi connectivity index (χ4v) is 2.80. The highest BCUT2D eigenvalue weighted by Crippen LogP contribution is 2.33. The lowest BCUT2D eigenvalue weighted by molar-refractivity contribution is -0.0495. The summed E-state index contributed by atoms with van der Waals surface area (Å²) in [5.74, 6) is 0.272. The maximum Gasteiger partial charge on any atom is 0.167 e. The van der Waals surface area contributed by atoms with Gasteiger partial charge in [-0.2, -0.15) is 0 Å². The van der Waals surface area contributed by atoms with Crippen molar-refractivity contribution in [3.8, 4) is 0 Å². The average Bonchev–Trinajstić information content (AvgIpc) is 3.00. The maximum absolute atomic E-state index is 10.5. The van der Waals surface area contributed by atoms with Crippen molar-refractivity contribution in [2.45, 2.75) is 24.5 Å². The molecule has 2 aromatic rings. The third-order valence-corrected chi connectivity index (χ3v) is 3.77. The Hall–Kier alpha value is -1.81. The fraction of sp³-hybridized carbons (Fsp3) is 0.583. The quantitative estimate of drug-likeness (QED) is 0.631. The number of ether oxygens (including phenoxy) is 1. The molecule has 0 aromatic carbocycles. The Morgan fingerprint density at radius 3 is 2.76 bits per heavy atom. The van der Waals surface area contributed by atoms with Crippen molar-refractivity contribution in [3.63, 3.8) is 0 Å². The van der Waals surface area contributed by atoms with Crippen LogP contribution >= 0.6 is 0 Å². The summed E-state index contributed by atoms with van der Waals surface area (Å²) in [6.07, 6.45) is 0.844. The first kappa shape index (κ1) is 14.1. The van der Waals surface area contributed by atoms with E-state index in [4.69, 9.17) is 10.5 Å². The number of imidazole rings is 1. The van der Waals surface area contributed by atoms with Gasteiger partial charge < -0.3 is 25.6 Å². The van der Waals surface area contributed by atoms with E-state index in [1.54, 1.807) is 4.57 Å². The molecular weight excluding hydrogens is 276 g/mol. The molecule has 9 nitrogen and oxygen atoms in total. The van der Waals surface area contributed by atoms with E-state index in [1.165, 1.54) is 12.7 Å². The van der Waals surface area contributed by atoms with Gasteiger partial charge in [-0.15, -0.1) is 0 Å². The minimum Gasteiger partial charge on any atom is -0.394 e. The molecule has 21 heavy (non-hydrogen) atoms. The van der Waals surface area contributed by atoms with Crippen LogP contribution in [-0.2, 0) is 4.74 Å². The van der Waals surface area contributed by atoms with Crippen LogP contribution < -0.4 is 5.73 Å². The molecule has 1 aliphatic rings. The minimum absolute atomic E-state index is 0.180. The van der Waals surface area contributed by atoms with Crippen LogP contribution in [0.15, 0.2) is 12.7 Å². The number of hydrogen-bond donors (Lipinski definition) is 3. The minimum atomic E-state index is -0.828. The molecule has 0 radical (unpaired) electrons. The SMILES string of the molecule is CN(C)C1[C@@H](O)[C@H](n2cnc3c(N)ncnc32)O[C@@H]1CO. The Balaban J connectivity index is 2.01. The summed E-state index contributed by atoms with van der Waals surface area (Å²) in [7, 11) is 3.66. The number of likely N-dealkylation sites (N-methyl/N-ethyl adjacent to an activating group) is 1. The highest BCUT2D eigenvalue weighted by atomic mass is 16.5. The van der Waals surface area contributed by atoms with Gasteiger partial charge in [0.25, 0.3) is 0 Å². The zero-order valence-corrected chi connectivity index (χ0v) is 11.8. The van der Waals surface area contributed by atoms with Crippen LogP contribution in [0.25, 0.3) is 11.2 Å². The van der Waals surface area contributed by atoms with Gasteiger partial charge in [0.1, 0.15) is 24.1 Å². The molecule has 0 bridgehead atoms. The molecule has 3 rings (SSSR count). The van der Waals surface area contributed by atoms with Gasteiger partial charge >= 0.3 is 0 Å². The number of rotatable bonds is 3. The van der Waals surface area contributed by atoms with Crippen LogP contribution in [0.5, 0.6) is 0 Å². The molecule has 1 aliphatic heterocycles. The van der Waals surface area contributed by atoms with Gasteiger partial charge in [0.15, 0.2) is 17.7 Å². The second-order valence-corrected chi connectivity index (χ2v) is 5.28. The maximum atomic E-state index is 10.5. The lowest BCUT2D eigenvalue weighted by Gasteiger charge is -2.25. The van der Waals surface area contributed by atoms with Crippen molar-refractivity contribution in [1.29, 1.82) is 0 Å². The lowest BCUT2D eigenvalue weighted by atomic mass is 10.1. The summed E-state index contributed by atoms with van der Waals surface area (Å²) in [6, 6.07) is -0.323. The standard InChI is InChI=1S/C12H18N6O3/c1-17(2)8-6(3-19)21-12(9(8)20)18-5-16-7-10(13)14-4-15-11(7)18/h4-6,8-9,12,19-20H,3H2,1-2H3,(H2,13,14,15)/t6-,8?,9-,12-/m1/s1. The Bertz CT molecular complexity index is 645. The first-order valence-corrected chi connectivity index (χ1v) is 6.58. The molecule has 4 atom stereocenters. The average molecular weight is 294 g/mol. The highest BCUT2D eigenvalue weighted by Gasteiger charge is 2.45. The van der Waals surface area contributed by atoms with E-state index in [0.717, 1.165) is 0 Å². The van der Waals surface area contributed by atoms with Crippen LogP contribution in [-0.4, -0.2) is 73.6 Å². The summed E-state index contributed by atoms with van der Waals surface area (Å²) in [5, 5.41) is 20.0. The molecular formula is C12H18N6O3. The van der Waals surface area contributed by atoms with Gasteiger partial charge in [-0.05, 0) is 14.1 Å². The summed E-state index contributed by atoms with van der Waals surface area (Å²) in [4.78, 5) is 14.0. The van der Waals surface area contributed by atoms with E-state index < -0.39 is 18.4 Å². The predicted molar refractivity (Wildman–Crippen MR) is 74.2 cm³/mol. The molecule has 114 valence electrons. The fourth-order valence-electron chi connectivity index (χ4n) is 2.80. The van der Waals surface area contributed by atoms with Crippen molar-refractivity contribution in [2.24, 2.45) is 0 Å². The molecule has 0 saturated carbocycles. The summed E-state index contributed by atoms with van der Waals surface area (Å²) in [5.41, 5.74) is 6.70. The normalized spacial score (nSPS) is 29.6. The monoisotopic (exact) mass is 294 g/mol. The topological polar surface area (TPSA) is 123 Å². The Kier molecular flexibility index (Phi) is 3.49. The molecule has 3 heterocycles. The first-order chi connectivity index (χ1) is 10.0. The van der Waals surface area contributed by atoms with E-state index >= 15 is 0 Å². The zero-order valence-electron chi connectivity index (χ0n) is 11.8. The van der Waals surface area contributed by atoms with Crippen LogP contribution in [0.1, 0.15) is 6.23 Å². The van der Waals surface area contributed by atoms with E-state index in [2.05, 4.69) is 15.0 Å². The van der Waals surface area contributed by atoms with Gasteiger partial charge in [-0.3, -0.25) is 4.57 Å². The number of nitrogens with two attached hydrogens (primary N) is 1. The summed E-state index contributed by atoms with van der Waals surface area (Å²) in [6.45, 7) is -0.180. The van der Waals surface area contributed by atoms with E-state index in [9.17, 15) is 10.2 Å². The molecule has 0 aliphatic carbocycles. The van der Waals surface area contributed by atoms with Gasteiger partial charge in [-0.25, -0.2) is 15.0 Å². The Labute approximate surface area is 121 Å². The van der Waals surface area contributed by atoms with Crippen molar-refractivity contribution in [2.75, 3.05) is 26.4 Å². The van der Waals surface area contributed by atoms with Gasteiger partial charge in [0.05, 0.1) is 19.0 Å². The Morgan fingerprint density at radius 1 is 1.38 bits per heavy atom. The van der Waals surface area contributed by atoms with Gasteiger partial charge in [0.2, 0.25) is 0 Å². The van der Waals surface area contributed by atoms with E-state index in [1.807, 2.05) is 19.0 Å². The second kappa shape index (κ2) is 5.19. The molecule has 1 unspecified atom stereocenters. The van der Waals surface area contributed by atoms with Crippen molar-refractivity contribution < 1.29 is 14.9 Å². The third-order valence-electron chi connectivity index (χ3n) is 3.77. The number of anilines is 1. The zero-order chi connectivity index (χ0) is 15.1. The number of nitrogen functional groups attached to an aromatic ring is 1. The Morgan fingerprint density at radius 2 is 2.14 bits per heavy atom. The van der Waals surface area contributed by atoms with Crippen LogP contribution in [0.3, 0.4) is 0 Å². The molecule has 0 spiro atoms. The van der Waals surface area contributed by atoms with Crippen LogP contribution in [0, 0.1) is 0 Å².